The van der Waals surface area contributed by atoms with Crippen LogP contribution in [0.1, 0.15) is 93.5 Å². The van der Waals surface area contributed by atoms with E-state index in [0.29, 0.717) is 29.5 Å². The third-order valence-corrected chi connectivity index (χ3v) is 9.86. The topological polar surface area (TPSA) is 59.2 Å². The standard InChI is InChI=1S/C32H37N3O2/c1-22-33-30(37-34-22)26-3-2-4-28(20-26)35(29(36)19-23-5-6-23)21-31-13-16-32(17-14-31,18-15-31)27-11-9-25(10-12-27)24-7-8-24/h2-4,9-12,20,23-24H,5-8,13-19,21H2,1H3. The molecule has 0 radical (unpaired) electrons. The summed E-state index contributed by atoms with van der Waals surface area (Å²) in [4.78, 5) is 20.2. The van der Waals surface area contributed by atoms with Crippen LogP contribution in [-0.2, 0) is 10.2 Å². The van der Waals surface area contributed by atoms with Crippen molar-refractivity contribution in [3.63, 3.8) is 0 Å². The van der Waals surface area contributed by atoms with Crippen LogP contribution in [0.5, 0.6) is 0 Å². The van der Waals surface area contributed by atoms with Crippen LogP contribution in [0.3, 0.4) is 0 Å². The third-order valence-electron chi connectivity index (χ3n) is 9.86. The van der Waals surface area contributed by atoms with Crippen molar-refractivity contribution < 1.29 is 9.32 Å². The SMILES string of the molecule is Cc1noc(-c2cccc(N(CC34CCC(c5ccc(C6CC6)cc5)(CC3)CC4)C(=O)CC3CC3)c2)n1. The Bertz CT molecular complexity index is 1280. The summed E-state index contributed by atoms with van der Waals surface area (Å²) in [6, 6.07) is 17.8. The van der Waals surface area contributed by atoms with Crippen molar-refractivity contribution in [2.24, 2.45) is 11.3 Å². The summed E-state index contributed by atoms with van der Waals surface area (Å²) >= 11 is 0. The fourth-order valence-corrected chi connectivity index (χ4v) is 7.02. The molecule has 0 saturated heterocycles. The second-order valence-electron chi connectivity index (χ2n) is 12.5. The molecule has 3 aromatic rings. The first kappa shape index (κ1) is 23.2. The molecule has 0 atom stereocenters. The van der Waals surface area contributed by atoms with Gasteiger partial charge in [0.2, 0.25) is 5.91 Å². The number of aryl methyl sites for hydroxylation is 1. The van der Waals surface area contributed by atoms with Gasteiger partial charge in [-0.15, -0.1) is 0 Å². The van der Waals surface area contributed by atoms with Crippen molar-refractivity contribution in [3.8, 4) is 11.5 Å². The highest BCUT2D eigenvalue weighted by Crippen LogP contribution is 2.58. The van der Waals surface area contributed by atoms with Crippen LogP contribution in [-0.4, -0.2) is 22.6 Å². The van der Waals surface area contributed by atoms with Crippen LogP contribution in [0.25, 0.3) is 11.5 Å². The van der Waals surface area contributed by atoms with Gasteiger partial charge in [0.15, 0.2) is 5.82 Å². The summed E-state index contributed by atoms with van der Waals surface area (Å²) in [5.41, 5.74) is 5.47. The molecule has 5 aliphatic rings. The molecule has 37 heavy (non-hydrogen) atoms. The molecule has 5 saturated carbocycles. The van der Waals surface area contributed by atoms with E-state index in [4.69, 9.17) is 4.52 Å². The van der Waals surface area contributed by atoms with E-state index in [1.165, 1.54) is 69.8 Å². The molecule has 0 aliphatic heterocycles. The van der Waals surface area contributed by atoms with Gasteiger partial charge in [-0.2, -0.15) is 4.98 Å². The number of carbonyl (C=O) groups excluding carboxylic acids is 1. The number of amides is 1. The minimum atomic E-state index is 0.214. The predicted octanol–water partition coefficient (Wildman–Crippen LogP) is 7.35. The molecule has 0 N–H and O–H groups in total. The van der Waals surface area contributed by atoms with Crippen molar-refractivity contribution in [3.05, 3.63) is 65.5 Å². The number of hydrogen-bond donors (Lipinski definition) is 0. The van der Waals surface area contributed by atoms with Gasteiger partial charge < -0.3 is 9.42 Å². The average molecular weight is 496 g/mol. The molecule has 5 nitrogen and oxygen atoms in total. The van der Waals surface area contributed by atoms with Crippen LogP contribution in [0.15, 0.2) is 53.1 Å². The highest BCUT2D eigenvalue weighted by atomic mass is 16.5. The molecule has 192 valence electrons. The van der Waals surface area contributed by atoms with E-state index in [-0.39, 0.29) is 11.3 Å². The molecule has 0 unspecified atom stereocenters. The molecule has 5 aliphatic carbocycles. The second kappa shape index (κ2) is 8.82. The molecule has 5 heteroatoms. The van der Waals surface area contributed by atoms with E-state index >= 15 is 0 Å². The number of benzene rings is 2. The maximum absolute atomic E-state index is 13.6. The second-order valence-corrected chi connectivity index (χ2v) is 12.5. The van der Waals surface area contributed by atoms with Crippen LogP contribution in [0, 0.1) is 18.3 Å². The van der Waals surface area contributed by atoms with Crippen LogP contribution in [0.2, 0.25) is 0 Å². The summed E-state index contributed by atoms with van der Waals surface area (Å²) in [5.74, 6) is 2.79. The first-order chi connectivity index (χ1) is 18.0. The fraction of sp³-hybridized carbons (Fsp3) is 0.531. The van der Waals surface area contributed by atoms with Crippen LogP contribution >= 0.6 is 0 Å². The largest absolute Gasteiger partial charge is 0.334 e. The summed E-state index contributed by atoms with van der Waals surface area (Å²) in [7, 11) is 0. The molecule has 1 heterocycles. The van der Waals surface area contributed by atoms with Gasteiger partial charge in [0.05, 0.1) is 0 Å². The van der Waals surface area contributed by atoms with E-state index in [1.807, 2.05) is 19.1 Å². The fourth-order valence-electron chi connectivity index (χ4n) is 7.02. The monoisotopic (exact) mass is 495 g/mol. The van der Waals surface area contributed by atoms with E-state index in [9.17, 15) is 4.79 Å². The highest BCUT2D eigenvalue weighted by Gasteiger charge is 2.50. The number of carbonyl (C=O) groups is 1. The minimum Gasteiger partial charge on any atom is -0.334 e. The molecule has 1 aromatic heterocycles. The Labute approximate surface area is 219 Å². The van der Waals surface area contributed by atoms with Crippen LogP contribution in [0.4, 0.5) is 5.69 Å². The summed E-state index contributed by atoms with van der Waals surface area (Å²) in [6.07, 6.45) is 13.1. The Morgan fingerprint density at radius 1 is 0.973 bits per heavy atom. The van der Waals surface area contributed by atoms with Gasteiger partial charge in [0.25, 0.3) is 5.89 Å². The Balaban J connectivity index is 1.12. The number of anilines is 1. The molecule has 0 spiro atoms. The van der Waals surface area contributed by atoms with Crippen LogP contribution < -0.4 is 4.90 Å². The summed E-state index contributed by atoms with van der Waals surface area (Å²) < 4.78 is 5.43. The smallest absolute Gasteiger partial charge is 0.257 e. The lowest BCUT2D eigenvalue weighted by Crippen LogP contribution is -2.50. The Morgan fingerprint density at radius 2 is 1.70 bits per heavy atom. The molecular weight excluding hydrogens is 458 g/mol. The normalized spacial score (nSPS) is 26.8. The van der Waals surface area contributed by atoms with E-state index < -0.39 is 0 Å². The van der Waals surface area contributed by atoms with E-state index in [0.717, 1.165) is 23.7 Å². The molecular formula is C32H37N3O2. The Morgan fingerprint density at radius 3 is 2.32 bits per heavy atom. The molecule has 2 bridgehead atoms. The summed E-state index contributed by atoms with van der Waals surface area (Å²) in [5, 5.41) is 3.95. The quantitative estimate of drug-likeness (QED) is 0.328. The summed E-state index contributed by atoms with van der Waals surface area (Å²) in [6.45, 7) is 2.65. The average Bonchev–Trinajstić information content (AvgIpc) is 3.88. The zero-order chi connectivity index (χ0) is 25.0. The van der Waals surface area contributed by atoms with Crippen molar-refractivity contribution in [2.45, 2.75) is 88.9 Å². The van der Waals surface area contributed by atoms with Crippen molar-refractivity contribution in [1.82, 2.24) is 10.1 Å². The highest BCUT2D eigenvalue weighted by molar-refractivity contribution is 5.94. The minimum absolute atomic E-state index is 0.214. The van der Waals surface area contributed by atoms with Gasteiger partial charge in [0.1, 0.15) is 0 Å². The lowest BCUT2D eigenvalue weighted by Gasteiger charge is -2.55. The van der Waals surface area contributed by atoms with Crippen molar-refractivity contribution >= 4 is 11.6 Å². The molecule has 5 fully saturated rings. The maximum atomic E-state index is 13.6. The molecule has 1 amide bonds. The number of nitrogens with zero attached hydrogens (tertiary/aromatic N) is 3. The maximum Gasteiger partial charge on any atom is 0.257 e. The third kappa shape index (κ3) is 4.51. The zero-order valence-electron chi connectivity index (χ0n) is 21.9. The first-order valence-corrected chi connectivity index (χ1v) is 14.3. The zero-order valence-corrected chi connectivity index (χ0v) is 21.9. The van der Waals surface area contributed by atoms with Gasteiger partial charge in [0, 0.05) is 24.2 Å². The molecule has 8 rings (SSSR count). The lowest BCUT2D eigenvalue weighted by molar-refractivity contribution is -0.119. The van der Waals surface area contributed by atoms with Gasteiger partial charge in [-0.1, -0.05) is 35.5 Å². The lowest BCUT2D eigenvalue weighted by atomic mass is 9.51. The van der Waals surface area contributed by atoms with E-state index in [2.05, 4.69) is 51.4 Å². The van der Waals surface area contributed by atoms with Gasteiger partial charge >= 0.3 is 0 Å². The predicted molar refractivity (Wildman–Crippen MR) is 144 cm³/mol. The van der Waals surface area contributed by atoms with Gasteiger partial charge in [-0.3, -0.25) is 4.79 Å². The number of hydrogen-bond acceptors (Lipinski definition) is 4. The number of aromatic nitrogens is 2. The number of rotatable bonds is 8. The van der Waals surface area contributed by atoms with Gasteiger partial charge in [-0.05, 0) is 123 Å². The first-order valence-electron chi connectivity index (χ1n) is 14.3. The van der Waals surface area contributed by atoms with Gasteiger partial charge in [-0.25, -0.2) is 0 Å². The molecule has 2 aromatic carbocycles. The van der Waals surface area contributed by atoms with Crippen molar-refractivity contribution in [1.29, 1.82) is 0 Å². The Kier molecular flexibility index (Phi) is 5.53. The van der Waals surface area contributed by atoms with E-state index in [1.54, 1.807) is 5.56 Å². The van der Waals surface area contributed by atoms with Crippen molar-refractivity contribution in [2.75, 3.05) is 11.4 Å². The Hall–Kier alpha value is -2.95. The number of fused-ring (bicyclic) bond motifs is 3.